The molecule has 0 aliphatic carbocycles. The predicted molar refractivity (Wildman–Crippen MR) is 72.9 cm³/mol. The van der Waals surface area contributed by atoms with Crippen molar-refractivity contribution in [2.24, 2.45) is 0 Å². The Bertz CT molecular complexity index is 677. The lowest BCUT2D eigenvalue weighted by Crippen LogP contribution is -2.02. The number of carboxylic acid groups (broad SMARTS) is 1. The molecule has 0 radical (unpaired) electrons. The highest BCUT2D eigenvalue weighted by Crippen LogP contribution is 2.28. The molecule has 0 saturated carbocycles. The zero-order valence-corrected chi connectivity index (χ0v) is 10.5. The molecule has 0 heterocycles. The fraction of sp³-hybridized carbons (Fsp3) is 0. The second kappa shape index (κ2) is 5.42. The second-order valence-electron chi connectivity index (χ2n) is 3.78. The minimum Gasteiger partial charge on any atom is -0.478 e. The van der Waals surface area contributed by atoms with Crippen LogP contribution >= 0.6 is 11.6 Å². The number of carbonyl (C=O) groups is 1. The molecule has 0 amide bonds. The third kappa shape index (κ3) is 2.84. The number of nitrogens with zero attached hydrogens (tertiary/aromatic N) is 1. The van der Waals surface area contributed by atoms with Crippen molar-refractivity contribution in [3.05, 3.63) is 58.6 Å². The molecule has 5 heteroatoms. The molecule has 0 aliphatic heterocycles. The van der Waals surface area contributed by atoms with Crippen LogP contribution in [0, 0.1) is 11.3 Å². The van der Waals surface area contributed by atoms with Gasteiger partial charge in [0.05, 0.1) is 33.6 Å². The number of nitriles is 1. The van der Waals surface area contributed by atoms with Crippen LogP contribution in [-0.4, -0.2) is 11.1 Å². The Kier molecular flexibility index (Phi) is 3.69. The number of rotatable bonds is 3. The lowest BCUT2D eigenvalue weighted by Gasteiger charge is -2.11. The van der Waals surface area contributed by atoms with Crippen LogP contribution in [0.15, 0.2) is 42.5 Å². The maximum Gasteiger partial charge on any atom is 0.337 e. The minimum atomic E-state index is -1.03. The number of hydrogen-bond donors (Lipinski definition) is 2. The summed E-state index contributed by atoms with van der Waals surface area (Å²) in [4.78, 5) is 11.1. The number of aromatic carboxylic acids is 1. The summed E-state index contributed by atoms with van der Waals surface area (Å²) in [5, 5.41) is 21.3. The van der Waals surface area contributed by atoms with Crippen molar-refractivity contribution in [2.75, 3.05) is 5.32 Å². The van der Waals surface area contributed by atoms with E-state index in [1.807, 2.05) is 6.07 Å². The lowest BCUT2D eigenvalue weighted by molar-refractivity contribution is 0.0698. The first-order valence-corrected chi connectivity index (χ1v) is 5.78. The van der Waals surface area contributed by atoms with Crippen molar-refractivity contribution >= 4 is 28.9 Å². The van der Waals surface area contributed by atoms with Crippen molar-refractivity contribution in [1.29, 1.82) is 5.26 Å². The van der Waals surface area contributed by atoms with Crippen molar-refractivity contribution < 1.29 is 9.90 Å². The fourth-order valence-corrected chi connectivity index (χ4v) is 1.78. The van der Waals surface area contributed by atoms with Crippen molar-refractivity contribution in [2.45, 2.75) is 0 Å². The largest absolute Gasteiger partial charge is 0.478 e. The number of hydrogen-bond acceptors (Lipinski definition) is 3. The van der Waals surface area contributed by atoms with Gasteiger partial charge < -0.3 is 10.4 Å². The summed E-state index contributed by atoms with van der Waals surface area (Å²) in [6.45, 7) is 0. The van der Waals surface area contributed by atoms with Crippen LogP contribution in [-0.2, 0) is 0 Å². The molecule has 4 nitrogen and oxygen atoms in total. The summed E-state index contributed by atoms with van der Waals surface area (Å²) >= 11 is 6.02. The van der Waals surface area contributed by atoms with Gasteiger partial charge in [0.1, 0.15) is 0 Å². The molecule has 0 bridgehead atoms. The first kappa shape index (κ1) is 12.9. The molecule has 2 N–H and O–H groups in total. The normalized spacial score (nSPS) is 9.68. The molecule has 0 fully saturated rings. The van der Waals surface area contributed by atoms with Gasteiger partial charge in [-0.3, -0.25) is 0 Å². The van der Waals surface area contributed by atoms with E-state index in [4.69, 9.17) is 22.0 Å². The van der Waals surface area contributed by atoms with Crippen LogP contribution in [0.5, 0.6) is 0 Å². The number of anilines is 2. The molecule has 19 heavy (non-hydrogen) atoms. The predicted octanol–water partition coefficient (Wildman–Crippen LogP) is 3.65. The Morgan fingerprint density at radius 2 is 1.95 bits per heavy atom. The van der Waals surface area contributed by atoms with Crippen molar-refractivity contribution in [1.82, 2.24) is 0 Å². The fourth-order valence-electron chi connectivity index (χ4n) is 1.61. The Morgan fingerprint density at radius 1 is 1.21 bits per heavy atom. The lowest BCUT2D eigenvalue weighted by atomic mass is 10.1. The van der Waals surface area contributed by atoms with Crippen LogP contribution in [0.4, 0.5) is 11.4 Å². The van der Waals surface area contributed by atoms with Crippen LogP contribution in [0.3, 0.4) is 0 Å². The number of para-hydroxylation sites is 1. The van der Waals surface area contributed by atoms with Crippen LogP contribution in [0.25, 0.3) is 0 Å². The van der Waals surface area contributed by atoms with Gasteiger partial charge in [0, 0.05) is 0 Å². The Hall–Kier alpha value is -2.51. The summed E-state index contributed by atoms with van der Waals surface area (Å²) < 4.78 is 0. The highest BCUT2D eigenvalue weighted by molar-refractivity contribution is 6.33. The SMILES string of the molecule is N#Cc1ccc(Cl)c(Nc2ccccc2C(=O)O)c1. The quantitative estimate of drug-likeness (QED) is 0.894. The number of benzene rings is 2. The average molecular weight is 273 g/mol. The zero-order valence-electron chi connectivity index (χ0n) is 9.72. The highest BCUT2D eigenvalue weighted by atomic mass is 35.5. The standard InChI is InChI=1S/C14H9ClN2O2/c15-11-6-5-9(8-16)7-13(11)17-12-4-2-1-3-10(12)14(18)19/h1-7,17H,(H,18,19). The molecule has 0 unspecified atom stereocenters. The summed E-state index contributed by atoms with van der Waals surface area (Å²) in [6, 6.07) is 13.2. The van der Waals surface area contributed by atoms with Gasteiger partial charge >= 0.3 is 5.97 Å². The Labute approximate surface area is 114 Å². The number of carboxylic acids is 1. The maximum atomic E-state index is 11.1. The van der Waals surface area contributed by atoms with Crippen LogP contribution in [0.1, 0.15) is 15.9 Å². The van der Waals surface area contributed by atoms with Crippen LogP contribution < -0.4 is 5.32 Å². The van der Waals surface area contributed by atoms with E-state index in [2.05, 4.69) is 5.32 Å². The first-order chi connectivity index (χ1) is 9.11. The number of nitrogens with one attached hydrogen (secondary N) is 1. The van der Waals surface area contributed by atoms with E-state index >= 15 is 0 Å². The Morgan fingerprint density at radius 3 is 2.63 bits per heavy atom. The minimum absolute atomic E-state index is 0.140. The smallest absolute Gasteiger partial charge is 0.337 e. The van der Waals surface area contributed by atoms with E-state index in [1.165, 1.54) is 6.07 Å². The van der Waals surface area contributed by atoms with Crippen LogP contribution in [0.2, 0.25) is 5.02 Å². The molecular formula is C14H9ClN2O2. The van der Waals surface area contributed by atoms with Gasteiger partial charge in [-0.15, -0.1) is 0 Å². The average Bonchev–Trinajstić information content (AvgIpc) is 2.41. The van der Waals surface area contributed by atoms with Gasteiger partial charge in [0.15, 0.2) is 0 Å². The molecular weight excluding hydrogens is 264 g/mol. The summed E-state index contributed by atoms with van der Waals surface area (Å²) in [7, 11) is 0. The van der Waals surface area contributed by atoms with E-state index in [1.54, 1.807) is 36.4 Å². The molecule has 2 aromatic carbocycles. The maximum absolute atomic E-state index is 11.1. The van der Waals surface area contributed by atoms with Gasteiger partial charge in [-0.2, -0.15) is 5.26 Å². The topological polar surface area (TPSA) is 73.1 Å². The molecule has 2 aromatic rings. The first-order valence-electron chi connectivity index (χ1n) is 5.41. The Balaban J connectivity index is 2.42. The van der Waals surface area contributed by atoms with E-state index in [9.17, 15) is 4.79 Å². The summed E-state index contributed by atoms with van der Waals surface area (Å²) in [6.07, 6.45) is 0. The molecule has 0 saturated heterocycles. The zero-order chi connectivity index (χ0) is 13.8. The van der Waals surface area contributed by atoms with E-state index in [-0.39, 0.29) is 5.56 Å². The molecule has 0 aliphatic rings. The molecule has 0 aromatic heterocycles. The van der Waals surface area contributed by atoms with Gasteiger partial charge in [-0.1, -0.05) is 23.7 Å². The van der Waals surface area contributed by atoms with Gasteiger partial charge in [0.2, 0.25) is 0 Å². The monoisotopic (exact) mass is 272 g/mol. The molecule has 0 spiro atoms. The van der Waals surface area contributed by atoms with Gasteiger partial charge in [0.25, 0.3) is 0 Å². The van der Waals surface area contributed by atoms with Gasteiger partial charge in [-0.05, 0) is 30.3 Å². The van der Waals surface area contributed by atoms with Crippen molar-refractivity contribution in [3.8, 4) is 6.07 Å². The van der Waals surface area contributed by atoms with Gasteiger partial charge in [-0.25, -0.2) is 4.79 Å². The summed E-state index contributed by atoms with van der Waals surface area (Å²) in [5.74, 6) is -1.03. The highest BCUT2D eigenvalue weighted by Gasteiger charge is 2.10. The van der Waals surface area contributed by atoms with E-state index in [0.717, 1.165) is 0 Å². The molecule has 94 valence electrons. The molecule has 0 atom stereocenters. The third-order valence-corrected chi connectivity index (χ3v) is 2.85. The second-order valence-corrected chi connectivity index (χ2v) is 4.19. The van der Waals surface area contributed by atoms with E-state index < -0.39 is 5.97 Å². The van der Waals surface area contributed by atoms with Crippen molar-refractivity contribution in [3.63, 3.8) is 0 Å². The third-order valence-electron chi connectivity index (χ3n) is 2.52. The molecule has 2 rings (SSSR count). The summed E-state index contributed by atoms with van der Waals surface area (Å²) in [5.41, 5.74) is 1.50. The van der Waals surface area contributed by atoms with E-state index in [0.29, 0.717) is 22.0 Å². The number of halogens is 1.